The van der Waals surface area contributed by atoms with Crippen molar-refractivity contribution in [1.29, 1.82) is 0 Å². The maximum atomic E-state index is 6.23. The molecule has 0 aromatic carbocycles. The number of nitrogens with one attached hydrogen (secondary N) is 1. The van der Waals surface area contributed by atoms with Crippen LogP contribution in [-0.2, 0) is 0 Å². The maximum Gasteiger partial charge on any atom is 0.135 e. The Morgan fingerprint density at radius 1 is 0.857 bits per heavy atom. The van der Waals surface area contributed by atoms with Crippen LogP contribution in [0.4, 0.5) is 5.82 Å². The molecule has 2 aliphatic carbocycles. The van der Waals surface area contributed by atoms with E-state index in [0.717, 1.165) is 11.6 Å². The van der Waals surface area contributed by atoms with Crippen molar-refractivity contribution in [3.63, 3.8) is 0 Å². The summed E-state index contributed by atoms with van der Waals surface area (Å²) < 4.78 is 0. The van der Waals surface area contributed by atoms with Crippen molar-refractivity contribution in [3.8, 4) is 0 Å². The van der Waals surface area contributed by atoms with E-state index in [1.165, 1.54) is 70.6 Å². The molecular formula is C17H26ClN3. The second-order valence-electron chi connectivity index (χ2n) is 6.60. The van der Waals surface area contributed by atoms with Gasteiger partial charge >= 0.3 is 0 Å². The standard InChI is InChI=1S/C17H26ClN3/c18-15-12-16(19-14-10-6-1-2-7-11-14)21-17(20-15)13-8-4-3-5-9-13/h12-14H,1-11H2,(H,19,20,21). The van der Waals surface area contributed by atoms with E-state index in [4.69, 9.17) is 16.6 Å². The van der Waals surface area contributed by atoms with Crippen molar-refractivity contribution in [2.45, 2.75) is 82.6 Å². The van der Waals surface area contributed by atoms with Gasteiger partial charge in [-0.3, -0.25) is 0 Å². The highest BCUT2D eigenvalue weighted by Crippen LogP contribution is 2.32. The first kappa shape index (κ1) is 15.1. The summed E-state index contributed by atoms with van der Waals surface area (Å²) in [6.45, 7) is 0. The fourth-order valence-corrected chi connectivity index (χ4v) is 3.88. The molecule has 3 rings (SSSR count). The smallest absolute Gasteiger partial charge is 0.135 e. The van der Waals surface area contributed by atoms with Crippen LogP contribution < -0.4 is 5.32 Å². The van der Waals surface area contributed by atoms with Crippen LogP contribution in [0, 0.1) is 0 Å². The van der Waals surface area contributed by atoms with E-state index in [2.05, 4.69) is 10.3 Å². The third kappa shape index (κ3) is 4.32. The largest absolute Gasteiger partial charge is 0.367 e. The van der Waals surface area contributed by atoms with Crippen LogP contribution >= 0.6 is 11.6 Å². The first-order valence-electron chi connectivity index (χ1n) is 8.62. The number of hydrogen-bond donors (Lipinski definition) is 1. The Bertz CT molecular complexity index is 449. The molecule has 0 radical (unpaired) electrons. The minimum atomic E-state index is 0.507. The molecule has 3 nitrogen and oxygen atoms in total. The van der Waals surface area contributed by atoms with Gasteiger partial charge in [0.05, 0.1) is 0 Å². The number of halogens is 1. The molecule has 21 heavy (non-hydrogen) atoms. The zero-order valence-corrected chi connectivity index (χ0v) is 13.5. The summed E-state index contributed by atoms with van der Waals surface area (Å²) in [6.07, 6.45) is 14.3. The highest BCUT2D eigenvalue weighted by atomic mass is 35.5. The van der Waals surface area contributed by atoms with Gasteiger partial charge in [-0.1, -0.05) is 56.5 Å². The van der Waals surface area contributed by atoms with E-state index in [1.54, 1.807) is 0 Å². The topological polar surface area (TPSA) is 37.8 Å². The highest BCUT2D eigenvalue weighted by Gasteiger charge is 2.20. The Balaban J connectivity index is 1.70. The number of nitrogens with zero attached hydrogens (tertiary/aromatic N) is 2. The van der Waals surface area contributed by atoms with Crippen LogP contribution in [0.2, 0.25) is 5.15 Å². The van der Waals surface area contributed by atoms with Crippen molar-refractivity contribution in [2.24, 2.45) is 0 Å². The van der Waals surface area contributed by atoms with Gasteiger partial charge < -0.3 is 5.32 Å². The minimum Gasteiger partial charge on any atom is -0.367 e. The first-order valence-corrected chi connectivity index (χ1v) is 9.00. The Morgan fingerprint density at radius 3 is 2.19 bits per heavy atom. The minimum absolute atomic E-state index is 0.507. The van der Waals surface area contributed by atoms with Gasteiger partial charge in [0.2, 0.25) is 0 Å². The lowest BCUT2D eigenvalue weighted by Crippen LogP contribution is -2.20. The molecule has 1 aromatic heterocycles. The van der Waals surface area contributed by atoms with Crippen molar-refractivity contribution in [1.82, 2.24) is 9.97 Å². The summed E-state index contributed by atoms with van der Waals surface area (Å²) in [5.74, 6) is 2.40. The van der Waals surface area contributed by atoms with Gasteiger partial charge in [-0.15, -0.1) is 0 Å². The molecule has 2 aliphatic rings. The molecule has 1 aromatic rings. The van der Waals surface area contributed by atoms with Crippen molar-refractivity contribution in [3.05, 3.63) is 17.0 Å². The van der Waals surface area contributed by atoms with Gasteiger partial charge in [0.1, 0.15) is 16.8 Å². The Labute approximate surface area is 132 Å². The molecule has 0 atom stereocenters. The lowest BCUT2D eigenvalue weighted by atomic mass is 9.89. The summed E-state index contributed by atoms with van der Waals surface area (Å²) >= 11 is 6.23. The summed E-state index contributed by atoms with van der Waals surface area (Å²) in [6, 6.07) is 2.44. The lowest BCUT2D eigenvalue weighted by molar-refractivity contribution is 0.428. The molecule has 1 N–H and O–H groups in total. The van der Waals surface area contributed by atoms with E-state index >= 15 is 0 Å². The zero-order chi connectivity index (χ0) is 14.5. The number of anilines is 1. The lowest BCUT2D eigenvalue weighted by Gasteiger charge is -2.22. The Hall–Kier alpha value is -0.830. The highest BCUT2D eigenvalue weighted by molar-refractivity contribution is 6.29. The molecule has 0 unspecified atom stereocenters. The molecule has 0 saturated heterocycles. The third-order valence-corrected chi connectivity index (χ3v) is 5.08. The fraction of sp³-hybridized carbons (Fsp3) is 0.765. The fourth-order valence-electron chi connectivity index (χ4n) is 3.69. The molecular weight excluding hydrogens is 282 g/mol. The SMILES string of the molecule is Clc1cc(NC2CCCCCC2)nc(C2CCCCC2)n1. The van der Waals surface area contributed by atoms with Crippen LogP contribution in [0.1, 0.15) is 82.4 Å². The summed E-state index contributed by atoms with van der Waals surface area (Å²) in [4.78, 5) is 9.26. The summed E-state index contributed by atoms with van der Waals surface area (Å²) in [5.41, 5.74) is 0. The molecule has 0 bridgehead atoms. The van der Waals surface area contributed by atoms with Gasteiger partial charge in [-0.2, -0.15) is 0 Å². The predicted octanol–water partition coefficient (Wildman–Crippen LogP) is 5.31. The van der Waals surface area contributed by atoms with Gasteiger partial charge in [0.25, 0.3) is 0 Å². The predicted molar refractivity (Wildman–Crippen MR) is 88.0 cm³/mol. The second-order valence-corrected chi connectivity index (χ2v) is 6.99. The van der Waals surface area contributed by atoms with E-state index in [-0.39, 0.29) is 0 Å². The van der Waals surface area contributed by atoms with Crippen molar-refractivity contribution in [2.75, 3.05) is 5.32 Å². The molecule has 0 spiro atoms. The number of rotatable bonds is 3. The van der Waals surface area contributed by atoms with Crippen molar-refractivity contribution < 1.29 is 0 Å². The van der Waals surface area contributed by atoms with E-state index < -0.39 is 0 Å². The second kappa shape index (κ2) is 7.44. The number of hydrogen-bond acceptors (Lipinski definition) is 3. The molecule has 2 saturated carbocycles. The maximum absolute atomic E-state index is 6.23. The van der Waals surface area contributed by atoms with Crippen LogP contribution in [0.5, 0.6) is 0 Å². The van der Waals surface area contributed by atoms with Crippen LogP contribution in [0.25, 0.3) is 0 Å². The van der Waals surface area contributed by atoms with Gasteiger partial charge in [-0.05, 0) is 25.7 Å². The number of aromatic nitrogens is 2. The van der Waals surface area contributed by atoms with E-state index in [9.17, 15) is 0 Å². The van der Waals surface area contributed by atoms with Crippen molar-refractivity contribution >= 4 is 17.4 Å². The van der Waals surface area contributed by atoms with Crippen LogP contribution in [0.3, 0.4) is 0 Å². The van der Waals surface area contributed by atoms with Crippen LogP contribution in [0.15, 0.2) is 6.07 Å². The Kier molecular flexibility index (Phi) is 5.34. The summed E-state index contributed by atoms with van der Waals surface area (Å²) in [5, 5.41) is 4.19. The van der Waals surface area contributed by atoms with Gasteiger partial charge in [-0.25, -0.2) is 9.97 Å². The Morgan fingerprint density at radius 2 is 1.48 bits per heavy atom. The molecule has 0 amide bonds. The van der Waals surface area contributed by atoms with Gasteiger partial charge in [0, 0.05) is 18.0 Å². The average Bonchev–Trinajstić information content (AvgIpc) is 2.76. The normalized spacial score (nSPS) is 22.0. The van der Waals surface area contributed by atoms with Gasteiger partial charge in [0.15, 0.2) is 0 Å². The molecule has 0 aliphatic heterocycles. The molecule has 1 heterocycles. The van der Waals surface area contributed by atoms with E-state index in [1.807, 2.05) is 6.07 Å². The molecule has 2 fully saturated rings. The quantitative estimate of drug-likeness (QED) is 0.607. The average molecular weight is 308 g/mol. The molecule has 4 heteroatoms. The summed E-state index contributed by atoms with van der Waals surface area (Å²) in [7, 11) is 0. The van der Waals surface area contributed by atoms with E-state index in [0.29, 0.717) is 17.1 Å². The third-order valence-electron chi connectivity index (χ3n) is 4.89. The monoisotopic (exact) mass is 307 g/mol. The molecule has 116 valence electrons. The van der Waals surface area contributed by atoms with Crippen LogP contribution in [-0.4, -0.2) is 16.0 Å². The first-order chi connectivity index (χ1) is 10.3. The zero-order valence-electron chi connectivity index (χ0n) is 12.8.